The maximum absolute atomic E-state index is 9.74. The lowest BCUT2D eigenvalue weighted by Gasteiger charge is -2.39. The Kier molecular flexibility index (Phi) is 8.16. The van der Waals surface area contributed by atoms with E-state index in [1.165, 1.54) is 5.56 Å². The summed E-state index contributed by atoms with van der Waals surface area (Å²) in [5.41, 5.74) is 1.30. The molecule has 6 heteroatoms. The quantitative estimate of drug-likeness (QED) is 0.448. The van der Waals surface area contributed by atoms with Crippen LogP contribution >= 0.6 is 0 Å². The summed E-state index contributed by atoms with van der Waals surface area (Å²) in [4.78, 5) is 2.37. The largest absolute Gasteiger partial charge is 0.541 e. The van der Waals surface area contributed by atoms with Crippen LogP contribution in [0.1, 0.15) is 59.9 Å². The summed E-state index contributed by atoms with van der Waals surface area (Å²) in [6.45, 7) is 25.7. The molecule has 2 rings (SSSR count). The molecule has 1 heterocycles. The number of benzene rings is 1. The van der Waals surface area contributed by atoms with E-state index in [-0.39, 0.29) is 16.2 Å². The first-order chi connectivity index (χ1) is 14.0. The molecule has 1 atom stereocenters. The maximum atomic E-state index is 9.74. The van der Waals surface area contributed by atoms with Crippen LogP contribution in [0.25, 0.3) is 0 Å². The van der Waals surface area contributed by atoms with Gasteiger partial charge in [-0.3, -0.25) is 0 Å². The van der Waals surface area contributed by atoms with Gasteiger partial charge in [-0.2, -0.15) is 0 Å². The summed E-state index contributed by atoms with van der Waals surface area (Å²) in [6, 6.07) is 6.57. The molecule has 0 saturated carbocycles. The molecule has 1 aromatic rings. The highest BCUT2D eigenvalue weighted by Gasteiger charge is 2.42. The van der Waals surface area contributed by atoms with E-state index in [0.29, 0.717) is 0 Å². The summed E-state index contributed by atoms with van der Waals surface area (Å²) in [5.74, 6) is 1.83. The fourth-order valence-electron chi connectivity index (χ4n) is 3.25. The standard InChI is InChI=1S/C25H47NO3Si2/c1-24(2,3)30(7,8)28-22-14-13-20(12-11-16-26-17-15-21(27)19-26)18-23(22)29-31(9,10)25(4,5)6/h13-14,18,21,27H,11-12,15-17,19H2,1-10H3. The lowest BCUT2D eigenvalue weighted by Crippen LogP contribution is -2.45. The SMILES string of the molecule is CC(C)(C)[Si](C)(C)Oc1ccc(CCCN2CCC(O)C2)cc1O[Si](C)(C)C(C)(C)C. The summed E-state index contributed by atoms with van der Waals surface area (Å²) in [7, 11) is -3.94. The van der Waals surface area contributed by atoms with E-state index < -0.39 is 16.6 Å². The average Bonchev–Trinajstić information content (AvgIpc) is 3.00. The summed E-state index contributed by atoms with van der Waals surface area (Å²) in [5, 5.41) is 10.0. The number of hydrogen-bond donors (Lipinski definition) is 1. The first-order valence-corrected chi connectivity index (χ1v) is 17.7. The third-order valence-electron chi connectivity index (χ3n) is 7.54. The molecule has 0 amide bonds. The molecule has 4 nitrogen and oxygen atoms in total. The molecule has 1 fully saturated rings. The van der Waals surface area contributed by atoms with Gasteiger partial charge in [0, 0.05) is 13.1 Å². The molecule has 1 N–H and O–H groups in total. The predicted octanol–water partition coefficient (Wildman–Crippen LogP) is 6.45. The predicted molar refractivity (Wildman–Crippen MR) is 137 cm³/mol. The van der Waals surface area contributed by atoms with Gasteiger partial charge in [-0.05, 0) is 79.8 Å². The van der Waals surface area contributed by atoms with E-state index in [2.05, 4.69) is 90.8 Å². The molecule has 178 valence electrons. The fraction of sp³-hybridized carbons (Fsp3) is 0.760. The Bertz CT molecular complexity index is 735. The van der Waals surface area contributed by atoms with Crippen LogP contribution in [0.4, 0.5) is 0 Å². The number of aryl methyl sites for hydroxylation is 1. The van der Waals surface area contributed by atoms with Crippen molar-refractivity contribution in [2.75, 3.05) is 19.6 Å². The van der Waals surface area contributed by atoms with Crippen LogP contribution in [0.3, 0.4) is 0 Å². The van der Waals surface area contributed by atoms with Gasteiger partial charge in [0.1, 0.15) is 11.5 Å². The Morgan fingerprint density at radius 3 is 1.97 bits per heavy atom. The Morgan fingerprint density at radius 1 is 0.935 bits per heavy atom. The molecular formula is C25H47NO3Si2. The number of rotatable bonds is 8. The normalized spacial score (nSPS) is 19.0. The van der Waals surface area contributed by atoms with Crippen LogP contribution in [-0.2, 0) is 6.42 Å². The van der Waals surface area contributed by atoms with Crippen molar-refractivity contribution in [2.45, 2.75) is 103 Å². The van der Waals surface area contributed by atoms with Gasteiger partial charge in [0.15, 0.2) is 0 Å². The minimum atomic E-state index is -1.98. The molecule has 0 spiro atoms. The van der Waals surface area contributed by atoms with Gasteiger partial charge >= 0.3 is 0 Å². The van der Waals surface area contributed by atoms with Gasteiger partial charge in [-0.15, -0.1) is 0 Å². The Hall–Kier alpha value is -0.826. The van der Waals surface area contributed by atoms with Crippen molar-refractivity contribution in [3.05, 3.63) is 23.8 Å². The summed E-state index contributed by atoms with van der Waals surface area (Å²) >= 11 is 0. The highest BCUT2D eigenvalue weighted by molar-refractivity contribution is 6.75. The molecule has 1 aliphatic heterocycles. The first-order valence-electron chi connectivity index (χ1n) is 11.9. The van der Waals surface area contributed by atoms with Crippen LogP contribution in [0.15, 0.2) is 18.2 Å². The fourth-order valence-corrected chi connectivity index (χ4v) is 5.29. The number of nitrogens with zero attached hydrogens (tertiary/aromatic N) is 1. The zero-order valence-electron chi connectivity index (χ0n) is 21.8. The van der Waals surface area contributed by atoms with Gasteiger partial charge in [-0.25, -0.2) is 0 Å². The molecule has 1 aromatic carbocycles. The van der Waals surface area contributed by atoms with Crippen molar-refractivity contribution >= 4 is 16.6 Å². The van der Waals surface area contributed by atoms with Gasteiger partial charge in [0.25, 0.3) is 16.6 Å². The molecule has 1 unspecified atom stereocenters. The third kappa shape index (κ3) is 7.08. The average molecular weight is 466 g/mol. The lowest BCUT2D eigenvalue weighted by molar-refractivity contribution is 0.176. The van der Waals surface area contributed by atoms with Gasteiger partial charge in [-0.1, -0.05) is 47.6 Å². The minimum Gasteiger partial charge on any atom is -0.541 e. The van der Waals surface area contributed by atoms with Crippen molar-refractivity contribution in [3.8, 4) is 11.5 Å². The van der Waals surface area contributed by atoms with E-state index in [1.807, 2.05) is 0 Å². The molecule has 0 aromatic heterocycles. The molecule has 0 aliphatic carbocycles. The van der Waals surface area contributed by atoms with Crippen LogP contribution in [-0.4, -0.2) is 52.4 Å². The second-order valence-corrected chi connectivity index (χ2v) is 21.8. The Labute approximate surface area is 193 Å². The second-order valence-electron chi connectivity index (χ2n) is 12.4. The number of aliphatic hydroxyl groups is 1. The van der Waals surface area contributed by atoms with Gasteiger partial charge < -0.3 is 18.9 Å². The lowest BCUT2D eigenvalue weighted by atomic mass is 10.1. The van der Waals surface area contributed by atoms with Crippen LogP contribution in [0.5, 0.6) is 11.5 Å². The van der Waals surface area contributed by atoms with Crippen molar-refractivity contribution in [2.24, 2.45) is 0 Å². The van der Waals surface area contributed by atoms with Gasteiger partial charge in [0.05, 0.1) is 6.10 Å². The first kappa shape index (κ1) is 26.4. The number of likely N-dealkylation sites (tertiary alicyclic amines) is 1. The summed E-state index contributed by atoms with van der Waals surface area (Å²) < 4.78 is 13.5. The van der Waals surface area contributed by atoms with Crippen LogP contribution in [0.2, 0.25) is 36.3 Å². The molecular weight excluding hydrogens is 418 g/mol. The van der Waals surface area contributed by atoms with Crippen LogP contribution in [0, 0.1) is 0 Å². The monoisotopic (exact) mass is 465 g/mol. The Morgan fingerprint density at radius 2 is 1.48 bits per heavy atom. The Balaban J connectivity index is 2.22. The number of hydrogen-bond acceptors (Lipinski definition) is 4. The van der Waals surface area contributed by atoms with Gasteiger partial charge in [0.2, 0.25) is 0 Å². The third-order valence-corrected chi connectivity index (χ3v) is 16.2. The van der Waals surface area contributed by atoms with E-state index in [9.17, 15) is 5.11 Å². The highest BCUT2D eigenvalue weighted by Crippen LogP contribution is 2.43. The molecule has 1 saturated heterocycles. The zero-order valence-corrected chi connectivity index (χ0v) is 23.8. The summed E-state index contributed by atoms with van der Waals surface area (Å²) in [6.07, 6.45) is 2.87. The highest BCUT2D eigenvalue weighted by atomic mass is 28.4. The van der Waals surface area contributed by atoms with Crippen molar-refractivity contribution < 1.29 is 14.0 Å². The van der Waals surface area contributed by atoms with E-state index in [0.717, 1.165) is 50.4 Å². The number of aliphatic hydroxyl groups excluding tert-OH is 1. The molecule has 1 aliphatic rings. The zero-order chi connectivity index (χ0) is 23.7. The molecule has 0 bridgehead atoms. The number of β-amino-alcohol motifs (C(OH)–C–C–N with tert-alkyl or cyclic N) is 1. The van der Waals surface area contributed by atoms with E-state index >= 15 is 0 Å². The molecule has 31 heavy (non-hydrogen) atoms. The van der Waals surface area contributed by atoms with Crippen LogP contribution < -0.4 is 8.85 Å². The second kappa shape index (κ2) is 9.58. The maximum Gasteiger partial charge on any atom is 0.250 e. The van der Waals surface area contributed by atoms with E-state index in [4.69, 9.17) is 8.85 Å². The topological polar surface area (TPSA) is 41.9 Å². The van der Waals surface area contributed by atoms with Crippen molar-refractivity contribution in [3.63, 3.8) is 0 Å². The minimum absolute atomic E-state index is 0.133. The van der Waals surface area contributed by atoms with Crippen molar-refractivity contribution in [1.29, 1.82) is 0 Å². The van der Waals surface area contributed by atoms with Crippen molar-refractivity contribution in [1.82, 2.24) is 4.90 Å². The smallest absolute Gasteiger partial charge is 0.250 e. The molecule has 0 radical (unpaired) electrons. The van der Waals surface area contributed by atoms with E-state index in [1.54, 1.807) is 0 Å².